The van der Waals surface area contributed by atoms with E-state index in [1.807, 2.05) is 18.2 Å². The monoisotopic (exact) mass is 291 g/mol. The van der Waals surface area contributed by atoms with Crippen molar-refractivity contribution in [3.8, 4) is 0 Å². The van der Waals surface area contributed by atoms with E-state index in [0.717, 1.165) is 0 Å². The molecule has 0 saturated carbocycles. The number of nitrogens with one attached hydrogen (secondary N) is 2. The highest BCUT2D eigenvalue weighted by Gasteiger charge is 2.19. The van der Waals surface area contributed by atoms with E-state index in [1.165, 1.54) is 0 Å². The maximum atomic E-state index is 11.9. The van der Waals surface area contributed by atoms with Crippen molar-refractivity contribution in [3.05, 3.63) is 40.4 Å². The Hall–Kier alpha value is -1.76. The van der Waals surface area contributed by atoms with Gasteiger partial charge < -0.3 is 20.1 Å². The second-order valence-electron chi connectivity index (χ2n) is 5.37. The van der Waals surface area contributed by atoms with Crippen LogP contribution in [-0.4, -0.2) is 40.9 Å². The van der Waals surface area contributed by atoms with Crippen LogP contribution in [0, 0.1) is 0 Å². The zero-order chi connectivity index (χ0) is 15.3. The van der Waals surface area contributed by atoms with Gasteiger partial charge in [0.15, 0.2) is 0 Å². The lowest BCUT2D eigenvalue weighted by atomic mass is 10.0. The van der Waals surface area contributed by atoms with Crippen LogP contribution in [0.4, 0.5) is 0 Å². The van der Waals surface area contributed by atoms with Crippen molar-refractivity contribution in [1.29, 1.82) is 0 Å². The third kappa shape index (κ3) is 4.35. The zero-order valence-corrected chi connectivity index (χ0v) is 12.3. The van der Waals surface area contributed by atoms with Gasteiger partial charge in [0.05, 0.1) is 23.0 Å². The van der Waals surface area contributed by atoms with Gasteiger partial charge in [0.1, 0.15) is 5.82 Å². The van der Waals surface area contributed by atoms with E-state index in [4.69, 9.17) is 4.74 Å². The highest BCUT2D eigenvalue weighted by molar-refractivity contribution is 5.77. The Morgan fingerprint density at radius 2 is 2.19 bits per heavy atom. The fourth-order valence-electron chi connectivity index (χ4n) is 2.08. The molecule has 21 heavy (non-hydrogen) atoms. The van der Waals surface area contributed by atoms with Crippen LogP contribution < -0.4 is 10.9 Å². The van der Waals surface area contributed by atoms with Gasteiger partial charge in [-0.3, -0.25) is 4.79 Å². The van der Waals surface area contributed by atoms with E-state index >= 15 is 0 Å². The van der Waals surface area contributed by atoms with Crippen LogP contribution in [-0.2, 0) is 11.3 Å². The lowest BCUT2D eigenvalue weighted by Crippen LogP contribution is -2.38. The standard InChI is InChI=1S/C15H21N3O3/c1-15(20,7-8-21-2)10-16-9-13-17-12-6-4-3-5-11(12)14(19)18-13/h3-6,16,20H,7-10H2,1-2H3,(H,17,18,19). The summed E-state index contributed by atoms with van der Waals surface area (Å²) in [5.74, 6) is 0.557. The molecule has 0 aliphatic rings. The molecule has 0 aliphatic carbocycles. The SMILES string of the molecule is COCCC(C)(O)CNCc1nc2ccccc2c(=O)[nH]1. The van der Waals surface area contributed by atoms with E-state index in [2.05, 4.69) is 15.3 Å². The van der Waals surface area contributed by atoms with Crippen LogP contribution in [0.5, 0.6) is 0 Å². The number of methoxy groups -OCH3 is 1. The molecule has 0 aliphatic heterocycles. The normalized spacial score (nSPS) is 14.2. The average Bonchev–Trinajstić information content (AvgIpc) is 2.45. The molecule has 0 amide bonds. The van der Waals surface area contributed by atoms with Gasteiger partial charge in [-0.2, -0.15) is 0 Å². The number of benzene rings is 1. The van der Waals surface area contributed by atoms with Crippen molar-refractivity contribution >= 4 is 10.9 Å². The molecule has 0 fully saturated rings. The summed E-state index contributed by atoms with van der Waals surface area (Å²) in [6, 6.07) is 7.21. The van der Waals surface area contributed by atoms with E-state index < -0.39 is 5.60 Å². The van der Waals surface area contributed by atoms with Crippen LogP contribution in [0.1, 0.15) is 19.2 Å². The Morgan fingerprint density at radius 1 is 1.43 bits per heavy atom. The molecule has 2 aromatic rings. The molecule has 114 valence electrons. The van der Waals surface area contributed by atoms with Crippen LogP contribution in [0.2, 0.25) is 0 Å². The predicted molar refractivity (Wildman–Crippen MR) is 81.2 cm³/mol. The molecule has 2 rings (SSSR count). The van der Waals surface area contributed by atoms with Gasteiger partial charge >= 0.3 is 0 Å². The molecule has 0 bridgehead atoms. The largest absolute Gasteiger partial charge is 0.389 e. The fraction of sp³-hybridized carbons (Fsp3) is 0.467. The Kier molecular flexibility index (Phi) is 5.06. The third-order valence-electron chi connectivity index (χ3n) is 3.30. The van der Waals surface area contributed by atoms with Gasteiger partial charge in [-0.15, -0.1) is 0 Å². The summed E-state index contributed by atoms with van der Waals surface area (Å²) in [5.41, 5.74) is -0.333. The first kappa shape index (κ1) is 15.6. The molecule has 1 heterocycles. The number of aromatic amines is 1. The first-order valence-corrected chi connectivity index (χ1v) is 6.92. The van der Waals surface area contributed by atoms with Crippen molar-refractivity contribution in [3.63, 3.8) is 0 Å². The summed E-state index contributed by atoms with van der Waals surface area (Å²) >= 11 is 0. The Balaban J connectivity index is 1.99. The number of hydrogen-bond donors (Lipinski definition) is 3. The lowest BCUT2D eigenvalue weighted by Gasteiger charge is -2.23. The molecule has 1 aromatic heterocycles. The van der Waals surface area contributed by atoms with Crippen molar-refractivity contribution in [2.24, 2.45) is 0 Å². The number of H-pyrrole nitrogens is 1. The number of hydrogen-bond acceptors (Lipinski definition) is 5. The Labute approximate surface area is 123 Å². The van der Waals surface area contributed by atoms with Gasteiger partial charge in [-0.25, -0.2) is 4.98 Å². The van der Waals surface area contributed by atoms with Crippen LogP contribution in [0.15, 0.2) is 29.1 Å². The summed E-state index contributed by atoms with van der Waals surface area (Å²) < 4.78 is 4.96. The molecule has 6 heteroatoms. The maximum Gasteiger partial charge on any atom is 0.258 e. The minimum atomic E-state index is -0.854. The van der Waals surface area contributed by atoms with E-state index in [0.29, 0.717) is 42.8 Å². The zero-order valence-electron chi connectivity index (χ0n) is 12.3. The third-order valence-corrected chi connectivity index (χ3v) is 3.30. The van der Waals surface area contributed by atoms with Gasteiger partial charge in [-0.1, -0.05) is 12.1 Å². The number of aromatic nitrogens is 2. The quantitative estimate of drug-likeness (QED) is 0.702. The molecule has 0 radical (unpaired) electrons. The first-order valence-electron chi connectivity index (χ1n) is 6.92. The minimum absolute atomic E-state index is 0.149. The Morgan fingerprint density at radius 3 is 2.95 bits per heavy atom. The van der Waals surface area contributed by atoms with Crippen molar-refractivity contribution in [2.75, 3.05) is 20.3 Å². The summed E-state index contributed by atoms with van der Waals surface area (Å²) in [7, 11) is 1.60. The average molecular weight is 291 g/mol. The molecule has 3 N–H and O–H groups in total. The molecular weight excluding hydrogens is 270 g/mol. The summed E-state index contributed by atoms with van der Waals surface area (Å²) in [6.45, 7) is 3.03. The van der Waals surface area contributed by atoms with Gasteiger partial charge in [0, 0.05) is 26.7 Å². The number of nitrogens with zero attached hydrogens (tertiary/aromatic N) is 1. The van der Waals surface area contributed by atoms with Gasteiger partial charge in [-0.05, 0) is 19.1 Å². The Bertz CT molecular complexity index is 652. The molecule has 1 aromatic carbocycles. The summed E-state index contributed by atoms with van der Waals surface area (Å²) in [4.78, 5) is 19.0. The molecule has 6 nitrogen and oxygen atoms in total. The maximum absolute atomic E-state index is 11.9. The number of rotatable bonds is 7. The van der Waals surface area contributed by atoms with Crippen molar-refractivity contribution in [1.82, 2.24) is 15.3 Å². The summed E-state index contributed by atoms with van der Waals surface area (Å²) in [6.07, 6.45) is 0.540. The van der Waals surface area contributed by atoms with E-state index in [-0.39, 0.29) is 5.56 Å². The molecule has 1 unspecified atom stereocenters. The van der Waals surface area contributed by atoms with Crippen molar-refractivity contribution < 1.29 is 9.84 Å². The minimum Gasteiger partial charge on any atom is -0.389 e. The van der Waals surface area contributed by atoms with Gasteiger partial charge in [0.2, 0.25) is 0 Å². The number of fused-ring (bicyclic) bond motifs is 1. The highest BCUT2D eigenvalue weighted by Crippen LogP contribution is 2.08. The first-order chi connectivity index (χ1) is 10.0. The number of ether oxygens (including phenoxy) is 1. The van der Waals surface area contributed by atoms with E-state index in [1.54, 1.807) is 20.1 Å². The van der Waals surface area contributed by atoms with Crippen LogP contribution >= 0.6 is 0 Å². The topological polar surface area (TPSA) is 87.2 Å². The highest BCUT2D eigenvalue weighted by atomic mass is 16.5. The fourth-order valence-corrected chi connectivity index (χ4v) is 2.08. The van der Waals surface area contributed by atoms with Crippen LogP contribution in [0.25, 0.3) is 10.9 Å². The number of para-hydroxylation sites is 1. The van der Waals surface area contributed by atoms with Crippen LogP contribution in [0.3, 0.4) is 0 Å². The molecular formula is C15H21N3O3. The second-order valence-corrected chi connectivity index (χ2v) is 5.37. The van der Waals surface area contributed by atoms with Gasteiger partial charge in [0.25, 0.3) is 5.56 Å². The molecule has 1 atom stereocenters. The number of aliphatic hydroxyl groups is 1. The lowest BCUT2D eigenvalue weighted by molar-refractivity contribution is 0.0246. The van der Waals surface area contributed by atoms with Crippen molar-refractivity contribution in [2.45, 2.75) is 25.5 Å². The second kappa shape index (κ2) is 6.80. The molecule has 0 spiro atoms. The molecule has 0 saturated heterocycles. The van der Waals surface area contributed by atoms with E-state index in [9.17, 15) is 9.90 Å². The summed E-state index contributed by atoms with van der Waals surface area (Å²) in [5, 5.41) is 13.8. The predicted octanol–water partition coefficient (Wildman–Crippen LogP) is 0.800. The smallest absolute Gasteiger partial charge is 0.258 e.